The molecule has 0 spiro atoms. The molecule has 5 heteroatoms. The van der Waals surface area contributed by atoms with E-state index in [-0.39, 0.29) is 25.7 Å². The van der Waals surface area contributed by atoms with Crippen molar-refractivity contribution in [3.8, 4) is 0 Å². The van der Waals surface area contributed by atoms with Gasteiger partial charge in [-0.05, 0) is 6.92 Å². The molecule has 5 nitrogen and oxygen atoms in total. The number of amides is 1. The van der Waals surface area contributed by atoms with Gasteiger partial charge in [0.05, 0.1) is 19.8 Å². The van der Waals surface area contributed by atoms with Crippen molar-refractivity contribution in [2.24, 2.45) is 5.41 Å². The molecule has 0 bridgehead atoms. The van der Waals surface area contributed by atoms with Gasteiger partial charge in [-0.15, -0.1) is 0 Å². The lowest BCUT2D eigenvalue weighted by Crippen LogP contribution is -2.42. The van der Waals surface area contributed by atoms with Gasteiger partial charge in [-0.25, -0.2) is 0 Å². The fraction of sp³-hybridized carbons (Fsp3) is 0.889. The molecule has 0 unspecified atom stereocenters. The van der Waals surface area contributed by atoms with E-state index in [1.54, 1.807) is 6.92 Å². The van der Waals surface area contributed by atoms with Gasteiger partial charge in [0.2, 0.25) is 5.91 Å². The Bertz CT molecular complexity index is 169. The molecule has 0 aromatic heterocycles. The molecule has 0 fully saturated rings. The topological polar surface area (TPSA) is 81.6 Å². The average Bonchev–Trinajstić information content (AvgIpc) is 2.18. The van der Waals surface area contributed by atoms with Crippen LogP contribution in [0.15, 0.2) is 0 Å². The summed E-state index contributed by atoms with van der Waals surface area (Å²) < 4.78 is 0. The Morgan fingerprint density at radius 3 is 2.36 bits per heavy atom. The zero-order chi connectivity index (χ0) is 11.0. The normalized spacial score (nSPS) is 11.4. The zero-order valence-corrected chi connectivity index (χ0v) is 8.84. The minimum Gasteiger partial charge on any atom is -0.396 e. The number of aliphatic hydroxyl groups excluding tert-OH is 2. The first-order valence-electron chi connectivity index (χ1n) is 4.77. The summed E-state index contributed by atoms with van der Waals surface area (Å²) in [6, 6.07) is 0. The maximum atomic E-state index is 11.0. The van der Waals surface area contributed by atoms with Crippen molar-refractivity contribution in [3.05, 3.63) is 0 Å². The van der Waals surface area contributed by atoms with Crippen LogP contribution in [0.5, 0.6) is 0 Å². The van der Waals surface area contributed by atoms with Gasteiger partial charge in [0.25, 0.3) is 0 Å². The molecule has 0 saturated carbocycles. The Balaban J connectivity index is 3.66. The maximum absolute atomic E-state index is 11.0. The number of hydrogen-bond donors (Lipinski definition) is 4. The van der Waals surface area contributed by atoms with Gasteiger partial charge in [-0.3, -0.25) is 4.79 Å². The fourth-order valence-electron chi connectivity index (χ4n) is 0.899. The molecule has 84 valence electrons. The molecular formula is C9H20N2O3. The Kier molecular flexibility index (Phi) is 6.44. The van der Waals surface area contributed by atoms with Crippen LogP contribution in [0.2, 0.25) is 0 Å². The molecule has 0 radical (unpaired) electrons. The molecule has 0 heterocycles. The Morgan fingerprint density at radius 1 is 1.36 bits per heavy atom. The molecule has 1 amide bonds. The van der Waals surface area contributed by atoms with Crippen LogP contribution in [0, 0.1) is 5.41 Å². The number of nitrogens with one attached hydrogen (secondary N) is 2. The number of hydrogen-bond acceptors (Lipinski definition) is 4. The standard InChI is InChI=1S/C9H20N2O3/c1-3-11-8(14)4-10-5-9(2,6-12)7-13/h10,12-13H,3-7H2,1-2H3,(H,11,14). The first-order chi connectivity index (χ1) is 6.58. The third kappa shape index (κ3) is 5.16. The predicted molar refractivity (Wildman–Crippen MR) is 53.8 cm³/mol. The lowest BCUT2D eigenvalue weighted by atomic mass is 9.93. The van der Waals surface area contributed by atoms with E-state index in [9.17, 15) is 4.79 Å². The third-order valence-corrected chi connectivity index (χ3v) is 1.97. The number of rotatable bonds is 7. The van der Waals surface area contributed by atoms with Crippen LogP contribution in [0.25, 0.3) is 0 Å². The van der Waals surface area contributed by atoms with Crippen molar-refractivity contribution in [1.29, 1.82) is 0 Å². The van der Waals surface area contributed by atoms with E-state index >= 15 is 0 Å². The quantitative estimate of drug-likeness (QED) is 0.415. The van der Waals surface area contributed by atoms with Crippen molar-refractivity contribution in [2.75, 3.05) is 32.8 Å². The number of carbonyl (C=O) groups excluding carboxylic acids is 1. The highest BCUT2D eigenvalue weighted by molar-refractivity contribution is 5.77. The van der Waals surface area contributed by atoms with Crippen molar-refractivity contribution in [2.45, 2.75) is 13.8 Å². The third-order valence-electron chi connectivity index (χ3n) is 1.97. The van der Waals surface area contributed by atoms with Crippen LogP contribution in [0.3, 0.4) is 0 Å². The number of carbonyl (C=O) groups is 1. The monoisotopic (exact) mass is 204 g/mol. The van der Waals surface area contributed by atoms with Crippen molar-refractivity contribution in [1.82, 2.24) is 10.6 Å². The van der Waals surface area contributed by atoms with Crippen LogP contribution >= 0.6 is 0 Å². The Labute approximate surface area is 84.5 Å². The van der Waals surface area contributed by atoms with E-state index in [2.05, 4.69) is 10.6 Å². The summed E-state index contributed by atoms with van der Waals surface area (Å²) in [4.78, 5) is 11.0. The molecule has 0 aliphatic carbocycles. The molecular weight excluding hydrogens is 184 g/mol. The summed E-state index contributed by atoms with van der Waals surface area (Å²) in [5.74, 6) is -0.0780. The molecule has 0 aliphatic heterocycles. The van der Waals surface area contributed by atoms with Gasteiger partial charge in [-0.1, -0.05) is 6.92 Å². The van der Waals surface area contributed by atoms with Crippen LogP contribution in [-0.2, 0) is 4.79 Å². The second-order valence-corrected chi connectivity index (χ2v) is 3.68. The van der Waals surface area contributed by atoms with E-state index < -0.39 is 5.41 Å². The highest BCUT2D eigenvalue weighted by Crippen LogP contribution is 2.11. The summed E-state index contributed by atoms with van der Waals surface area (Å²) in [7, 11) is 0. The van der Waals surface area contributed by atoms with Gasteiger partial charge in [0.15, 0.2) is 0 Å². The molecule has 0 rings (SSSR count). The summed E-state index contributed by atoms with van der Waals surface area (Å²) in [5.41, 5.74) is -0.563. The molecule has 14 heavy (non-hydrogen) atoms. The second kappa shape index (κ2) is 6.75. The van der Waals surface area contributed by atoms with Gasteiger partial charge in [0.1, 0.15) is 0 Å². The average molecular weight is 204 g/mol. The summed E-state index contributed by atoms with van der Waals surface area (Å²) in [6.07, 6.45) is 0. The molecule has 4 N–H and O–H groups in total. The first kappa shape index (κ1) is 13.4. The van der Waals surface area contributed by atoms with E-state index in [1.807, 2.05) is 6.92 Å². The van der Waals surface area contributed by atoms with E-state index in [0.29, 0.717) is 13.1 Å². The predicted octanol–water partition coefficient (Wildman–Crippen LogP) is -1.30. The van der Waals surface area contributed by atoms with Gasteiger partial charge in [0, 0.05) is 18.5 Å². The van der Waals surface area contributed by atoms with Crippen molar-refractivity contribution in [3.63, 3.8) is 0 Å². The maximum Gasteiger partial charge on any atom is 0.233 e. The van der Waals surface area contributed by atoms with E-state index in [0.717, 1.165) is 0 Å². The number of likely N-dealkylation sites (N-methyl/N-ethyl adjacent to an activating group) is 1. The van der Waals surface area contributed by atoms with E-state index in [4.69, 9.17) is 10.2 Å². The molecule has 0 aromatic carbocycles. The second-order valence-electron chi connectivity index (χ2n) is 3.68. The molecule has 0 aliphatic rings. The fourth-order valence-corrected chi connectivity index (χ4v) is 0.899. The van der Waals surface area contributed by atoms with Crippen LogP contribution in [0.4, 0.5) is 0 Å². The van der Waals surface area contributed by atoms with Crippen molar-refractivity contribution < 1.29 is 15.0 Å². The Morgan fingerprint density at radius 2 is 1.93 bits per heavy atom. The van der Waals surface area contributed by atoms with Crippen LogP contribution in [-0.4, -0.2) is 49.0 Å². The van der Waals surface area contributed by atoms with Crippen molar-refractivity contribution >= 4 is 5.91 Å². The minimum atomic E-state index is -0.563. The lowest BCUT2D eigenvalue weighted by Gasteiger charge is -2.24. The van der Waals surface area contributed by atoms with Gasteiger partial charge >= 0.3 is 0 Å². The largest absolute Gasteiger partial charge is 0.396 e. The summed E-state index contributed by atoms with van der Waals surface area (Å²) in [5, 5.41) is 23.4. The SMILES string of the molecule is CCNC(=O)CNCC(C)(CO)CO. The highest BCUT2D eigenvalue weighted by atomic mass is 16.3. The Hall–Kier alpha value is -0.650. The highest BCUT2D eigenvalue weighted by Gasteiger charge is 2.21. The van der Waals surface area contributed by atoms with Crippen LogP contribution < -0.4 is 10.6 Å². The summed E-state index contributed by atoms with van der Waals surface area (Å²) in [6.45, 7) is 4.62. The van der Waals surface area contributed by atoms with E-state index in [1.165, 1.54) is 0 Å². The first-order valence-corrected chi connectivity index (χ1v) is 4.77. The minimum absolute atomic E-state index is 0.0780. The molecule has 0 saturated heterocycles. The van der Waals surface area contributed by atoms with Gasteiger partial charge in [-0.2, -0.15) is 0 Å². The smallest absolute Gasteiger partial charge is 0.233 e. The number of aliphatic hydroxyl groups is 2. The molecule has 0 atom stereocenters. The summed E-state index contributed by atoms with van der Waals surface area (Å²) >= 11 is 0. The van der Waals surface area contributed by atoms with Crippen LogP contribution in [0.1, 0.15) is 13.8 Å². The molecule has 0 aromatic rings. The lowest BCUT2D eigenvalue weighted by molar-refractivity contribution is -0.120. The van der Waals surface area contributed by atoms with Gasteiger partial charge < -0.3 is 20.8 Å². The zero-order valence-electron chi connectivity index (χ0n) is 8.84.